The number of aromatic nitrogens is 2. The number of likely N-dealkylation sites (N-methyl/N-ethyl adjacent to an activating group) is 1. The summed E-state index contributed by atoms with van der Waals surface area (Å²) in [7, 11) is 2.11. The molecule has 160 valence electrons. The minimum absolute atomic E-state index is 0.104. The molecule has 1 saturated heterocycles. The van der Waals surface area contributed by atoms with Crippen LogP contribution in [0.15, 0.2) is 71.3 Å². The molecule has 5 rings (SSSR count). The van der Waals surface area contributed by atoms with Gasteiger partial charge >= 0.3 is 0 Å². The van der Waals surface area contributed by atoms with Gasteiger partial charge in [-0.25, -0.2) is 0 Å². The fraction of sp³-hybridized carbons (Fsp3) is 0.320. The van der Waals surface area contributed by atoms with Crippen LogP contribution in [0.25, 0.3) is 22.4 Å². The second-order valence-electron chi connectivity index (χ2n) is 8.10. The molecule has 2 aromatic heterocycles. The molecule has 0 aliphatic carbocycles. The van der Waals surface area contributed by atoms with Crippen LogP contribution in [-0.4, -0.2) is 54.2 Å². The van der Waals surface area contributed by atoms with Crippen LogP contribution in [-0.2, 0) is 22.6 Å². The molecule has 0 spiro atoms. The standard InChI is InChI=1S/C25H27N3O3/c1-27(17-22-18-29-11-12-30-22)15-21-16-28(14-19-7-3-2-4-8-19)26-25(21)24-13-20-9-5-6-10-23(20)31-24/h2-10,13,16,22H,11-12,14-15,17-18H2,1H3/t22-/m1/s1. The van der Waals surface area contributed by atoms with Gasteiger partial charge in [-0.3, -0.25) is 9.58 Å². The van der Waals surface area contributed by atoms with E-state index in [-0.39, 0.29) is 6.10 Å². The van der Waals surface area contributed by atoms with Gasteiger partial charge < -0.3 is 13.9 Å². The molecule has 6 nitrogen and oxygen atoms in total. The van der Waals surface area contributed by atoms with Crippen molar-refractivity contribution in [3.8, 4) is 11.5 Å². The number of benzene rings is 2. The minimum atomic E-state index is 0.104. The van der Waals surface area contributed by atoms with Gasteiger partial charge in [-0.15, -0.1) is 0 Å². The van der Waals surface area contributed by atoms with E-state index in [0.29, 0.717) is 19.8 Å². The first-order valence-corrected chi connectivity index (χ1v) is 10.7. The fourth-order valence-electron chi connectivity index (χ4n) is 4.08. The van der Waals surface area contributed by atoms with E-state index < -0.39 is 0 Å². The number of hydrogen-bond acceptors (Lipinski definition) is 5. The Morgan fingerprint density at radius 1 is 1.06 bits per heavy atom. The number of ether oxygens (including phenoxy) is 2. The number of hydrogen-bond donors (Lipinski definition) is 0. The Bertz CT molecular complexity index is 1100. The zero-order chi connectivity index (χ0) is 21.0. The Morgan fingerprint density at radius 2 is 1.90 bits per heavy atom. The molecule has 1 aliphatic heterocycles. The van der Waals surface area contributed by atoms with Crippen LogP contribution >= 0.6 is 0 Å². The number of furan rings is 1. The molecule has 6 heteroatoms. The summed E-state index contributed by atoms with van der Waals surface area (Å²) in [4.78, 5) is 2.26. The van der Waals surface area contributed by atoms with Crippen molar-refractivity contribution in [3.05, 3.63) is 78.0 Å². The topological polar surface area (TPSA) is 52.7 Å². The summed E-state index contributed by atoms with van der Waals surface area (Å²) in [5.74, 6) is 0.800. The third-order valence-electron chi connectivity index (χ3n) is 5.52. The van der Waals surface area contributed by atoms with Crippen LogP contribution in [0.2, 0.25) is 0 Å². The molecule has 0 N–H and O–H groups in total. The molecule has 1 aliphatic rings. The highest BCUT2D eigenvalue weighted by molar-refractivity contribution is 5.82. The van der Waals surface area contributed by atoms with Gasteiger partial charge in [0.1, 0.15) is 11.3 Å². The maximum absolute atomic E-state index is 6.15. The first-order chi connectivity index (χ1) is 15.2. The first kappa shape index (κ1) is 20.0. The van der Waals surface area contributed by atoms with Crippen LogP contribution in [0.1, 0.15) is 11.1 Å². The van der Waals surface area contributed by atoms with Crippen LogP contribution in [0, 0.1) is 0 Å². The summed E-state index contributed by atoms with van der Waals surface area (Å²) < 4.78 is 19.5. The average molecular weight is 418 g/mol. The van der Waals surface area contributed by atoms with Crippen LogP contribution in [0.4, 0.5) is 0 Å². The molecule has 0 unspecified atom stereocenters. The minimum Gasteiger partial charge on any atom is -0.454 e. The van der Waals surface area contributed by atoms with Crippen molar-refractivity contribution < 1.29 is 13.9 Å². The third kappa shape index (κ3) is 4.71. The largest absolute Gasteiger partial charge is 0.454 e. The Balaban J connectivity index is 1.42. The summed E-state index contributed by atoms with van der Waals surface area (Å²) in [5.41, 5.74) is 4.12. The van der Waals surface area contributed by atoms with E-state index in [1.165, 1.54) is 5.56 Å². The molecule has 0 bridgehead atoms. The highest BCUT2D eigenvalue weighted by Crippen LogP contribution is 2.30. The molecular weight excluding hydrogens is 390 g/mol. The molecule has 4 aromatic rings. The van der Waals surface area contributed by atoms with E-state index in [4.69, 9.17) is 19.0 Å². The lowest BCUT2D eigenvalue weighted by molar-refractivity contribution is -0.0962. The Hall–Kier alpha value is -2.93. The Labute approximate surface area is 182 Å². The summed E-state index contributed by atoms with van der Waals surface area (Å²) in [6.07, 6.45) is 2.23. The highest BCUT2D eigenvalue weighted by atomic mass is 16.6. The molecular formula is C25H27N3O3. The molecule has 0 radical (unpaired) electrons. The predicted octanol–water partition coefficient (Wildman–Crippen LogP) is 4.19. The Kier molecular flexibility index (Phi) is 5.84. The van der Waals surface area contributed by atoms with Gasteiger partial charge in [0, 0.05) is 30.2 Å². The number of nitrogens with zero attached hydrogens (tertiary/aromatic N) is 3. The van der Waals surface area contributed by atoms with E-state index >= 15 is 0 Å². The lowest BCUT2D eigenvalue weighted by Gasteiger charge is -2.27. The van der Waals surface area contributed by atoms with Gasteiger partial charge in [0.25, 0.3) is 0 Å². The molecule has 0 saturated carbocycles. The van der Waals surface area contributed by atoms with Crippen molar-refractivity contribution in [2.75, 3.05) is 33.4 Å². The zero-order valence-corrected chi connectivity index (χ0v) is 17.7. The van der Waals surface area contributed by atoms with Crippen molar-refractivity contribution in [2.24, 2.45) is 0 Å². The number of para-hydroxylation sites is 1. The quantitative estimate of drug-likeness (QED) is 0.451. The molecule has 3 heterocycles. The van der Waals surface area contributed by atoms with Crippen LogP contribution in [0.3, 0.4) is 0 Å². The van der Waals surface area contributed by atoms with Gasteiger partial charge in [-0.2, -0.15) is 5.10 Å². The van der Waals surface area contributed by atoms with Crippen LogP contribution in [0.5, 0.6) is 0 Å². The summed E-state index contributed by atoms with van der Waals surface area (Å²) >= 11 is 0. The number of rotatable bonds is 7. The fourth-order valence-corrected chi connectivity index (χ4v) is 4.08. The maximum atomic E-state index is 6.15. The summed E-state index contributed by atoms with van der Waals surface area (Å²) in [5, 5.41) is 6.00. The lowest BCUT2D eigenvalue weighted by atomic mass is 10.1. The van der Waals surface area contributed by atoms with Gasteiger partial charge in [0.05, 0.1) is 32.5 Å². The average Bonchev–Trinajstić information content (AvgIpc) is 3.38. The smallest absolute Gasteiger partial charge is 0.156 e. The molecule has 31 heavy (non-hydrogen) atoms. The van der Waals surface area contributed by atoms with E-state index in [1.807, 2.05) is 28.9 Å². The third-order valence-corrected chi connectivity index (χ3v) is 5.52. The normalized spacial score (nSPS) is 16.9. The highest BCUT2D eigenvalue weighted by Gasteiger charge is 2.20. The monoisotopic (exact) mass is 417 g/mol. The van der Waals surface area contributed by atoms with E-state index in [2.05, 4.69) is 54.5 Å². The molecule has 1 fully saturated rings. The first-order valence-electron chi connectivity index (χ1n) is 10.7. The predicted molar refractivity (Wildman–Crippen MR) is 120 cm³/mol. The molecule has 2 aromatic carbocycles. The van der Waals surface area contributed by atoms with Crippen molar-refractivity contribution in [1.82, 2.24) is 14.7 Å². The Morgan fingerprint density at radius 3 is 2.71 bits per heavy atom. The van der Waals surface area contributed by atoms with Gasteiger partial charge in [-0.05, 0) is 24.7 Å². The number of fused-ring (bicyclic) bond motifs is 1. The van der Waals surface area contributed by atoms with Crippen molar-refractivity contribution in [3.63, 3.8) is 0 Å². The van der Waals surface area contributed by atoms with Crippen molar-refractivity contribution in [1.29, 1.82) is 0 Å². The SMILES string of the molecule is CN(Cc1cn(Cc2ccccc2)nc1-c1cc2ccccc2o1)C[C@@H]1COCCO1. The second kappa shape index (κ2) is 9.06. The van der Waals surface area contributed by atoms with E-state index in [0.717, 1.165) is 47.6 Å². The van der Waals surface area contributed by atoms with Gasteiger partial charge in [-0.1, -0.05) is 48.5 Å². The summed E-state index contributed by atoms with van der Waals surface area (Å²) in [6, 6.07) is 20.5. The summed E-state index contributed by atoms with van der Waals surface area (Å²) in [6.45, 7) is 4.27. The molecule has 1 atom stereocenters. The molecule has 0 amide bonds. The van der Waals surface area contributed by atoms with E-state index in [1.54, 1.807) is 0 Å². The van der Waals surface area contributed by atoms with Gasteiger partial charge in [0.2, 0.25) is 0 Å². The van der Waals surface area contributed by atoms with Crippen LogP contribution < -0.4 is 0 Å². The maximum Gasteiger partial charge on any atom is 0.156 e. The van der Waals surface area contributed by atoms with E-state index in [9.17, 15) is 0 Å². The van der Waals surface area contributed by atoms with Crippen molar-refractivity contribution in [2.45, 2.75) is 19.2 Å². The lowest BCUT2D eigenvalue weighted by Crippen LogP contribution is -2.38. The second-order valence-corrected chi connectivity index (χ2v) is 8.10. The van der Waals surface area contributed by atoms with Gasteiger partial charge in [0.15, 0.2) is 5.76 Å². The zero-order valence-electron chi connectivity index (χ0n) is 17.7. The van der Waals surface area contributed by atoms with Crippen molar-refractivity contribution >= 4 is 11.0 Å².